The second-order valence-corrected chi connectivity index (χ2v) is 7.78. The molecule has 2 saturated heterocycles. The minimum atomic E-state index is -0.446. The summed E-state index contributed by atoms with van der Waals surface area (Å²) in [6.07, 6.45) is 7.13. The Kier molecular flexibility index (Phi) is 3.43. The van der Waals surface area contributed by atoms with Crippen LogP contribution in [0.1, 0.15) is 58.8 Å². The Bertz CT molecular complexity index is 327. The first-order chi connectivity index (χ1) is 8.93. The van der Waals surface area contributed by atoms with Gasteiger partial charge in [0.15, 0.2) is 0 Å². The van der Waals surface area contributed by atoms with Crippen molar-refractivity contribution in [1.29, 1.82) is 0 Å². The van der Waals surface area contributed by atoms with Crippen LogP contribution >= 0.6 is 0 Å². The normalized spacial score (nSPS) is 41.5. The van der Waals surface area contributed by atoms with Crippen LogP contribution in [0.3, 0.4) is 0 Å². The third kappa shape index (κ3) is 2.70. The van der Waals surface area contributed by atoms with Crippen molar-refractivity contribution in [2.24, 2.45) is 11.3 Å². The lowest BCUT2D eigenvalue weighted by atomic mass is 9.71. The average Bonchev–Trinajstić information content (AvgIpc) is 2.66. The molecule has 1 N–H and O–H groups in total. The van der Waals surface area contributed by atoms with Gasteiger partial charge < -0.3 is 14.6 Å². The Morgan fingerprint density at radius 1 is 1.00 bits per heavy atom. The van der Waals surface area contributed by atoms with E-state index in [9.17, 15) is 5.11 Å². The minimum Gasteiger partial charge on any atom is -0.390 e. The fourth-order valence-corrected chi connectivity index (χ4v) is 4.49. The average molecular weight is 268 g/mol. The molecule has 1 saturated carbocycles. The van der Waals surface area contributed by atoms with Crippen molar-refractivity contribution in [3.8, 4) is 0 Å². The van der Waals surface area contributed by atoms with E-state index in [0.29, 0.717) is 11.3 Å². The standard InChI is InChI=1S/C16H28O3/c1-14(2)4-5-16(17,12-14)13-3-8-19-15(11-13)6-9-18-10-7-15/h13,17H,3-12H2,1-2H3. The van der Waals surface area contributed by atoms with E-state index in [2.05, 4.69) is 13.8 Å². The molecule has 2 unspecified atom stereocenters. The van der Waals surface area contributed by atoms with E-state index < -0.39 is 5.60 Å². The van der Waals surface area contributed by atoms with Gasteiger partial charge in [0.05, 0.1) is 11.2 Å². The Morgan fingerprint density at radius 2 is 1.74 bits per heavy atom. The number of hydrogen-bond donors (Lipinski definition) is 1. The van der Waals surface area contributed by atoms with E-state index in [1.54, 1.807) is 0 Å². The van der Waals surface area contributed by atoms with Crippen LogP contribution in [0.25, 0.3) is 0 Å². The molecule has 0 aromatic heterocycles. The van der Waals surface area contributed by atoms with Gasteiger partial charge in [-0.2, -0.15) is 0 Å². The monoisotopic (exact) mass is 268 g/mol. The molecular weight excluding hydrogens is 240 g/mol. The predicted molar refractivity (Wildman–Crippen MR) is 74.0 cm³/mol. The summed E-state index contributed by atoms with van der Waals surface area (Å²) in [6.45, 7) is 7.02. The van der Waals surface area contributed by atoms with Crippen molar-refractivity contribution in [2.45, 2.75) is 70.0 Å². The SMILES string of the molecule is CC1(C)CCC(O)(C2CCOC3(CCOCC3)C2)C1. The molecule has 0 bridgehead atoms. The zero-order chi connectivity index (χ0) is 13.6. The van der Waals surface area contributed by atoms with Crippen LogP contribution in [-0.4, -0.2) is 36.1 Å². The quantitative estimate of drug-likeness (QED) is 0.794. The fraction of sp³-hybridized carbons (Fsp3) is 1.00. The zero-order valence-corrected chi connectivity index (χ0v) is 12.4. The summed E-state index contributed by atoms with van der Waals surface area (Å²) < 4.78 is 11.6. The van der Waals surface area contributed by atoms with Crippen LogP contribution in [0.4, 0.5) is 0 Å². The molecule has 3 nitrogen and oxygen atoms in total. The van der Waals surface area contributed by atoms with Crippen molar-refractivity contribution in [2.75, 3.05) is 19.8 Å². The van der Waals surface area contributed by atoms with Crippen LogP contribution < -0.4 is 0 Å². The summed E-state index contributed by atoms with van der Waals surface area (Å²) >= 11 is 0. The van der Waals surface area contributed by atoms with E-state index in [1.165, 1.54) is 0 Å². The Balaban J connectivity index is 1.71. The van der Waals surface area contributed by atoms with E-state index in [-0.39, 0.29) is 5.60 Å². The second kappa shape index (κ2) is 4.71. The summed E-state index contributed by atoms with van der Waals surface area (Å²) in [4.78, 5) is 0. The third-order valence-electron chi connectivity index (χ3n) is 5.68. The van der Waals surface area contributed by atoms with Crippen molar-refractivity contribution in [3.63, 3.8) is 0 Å². The van der Waals surface area contributed by atoms with Gasteiger partial charge in [0.25, 0.3) is 0 Å². The van der Waals surface area contributed by atoms with Gasteiger partial charge in [0.2, 0.25) is 0 Å². The molecule has 2 heterocycles. The first kappa shape index (κ1) is 13.8. The van der Waals surface area contributed by atoms with Crippen molar-refractivity contribution in [1.82, 2.24) is 0 Å². The molecule has 0 radical (unpaired) electrons. The molecule has 0 aromatic carbocycles. The highest BCUT2D eigenvalue weighted by Gasteiger charge is 2.51. The molecule has 3 heteroatoms. The molecule has 1 aliphatic carbocycles. The van der Waals surface area contributed by atoms with Crippen molar-refractivity contribution in [3.05, 3.63) is 0 Å². The summed E-state index contributed by atoms with van der Waals surface area (Å²) in [5.41, 5.74) is -0.141. The number of rotatable bonds is 1. The third-order valence-corrected chi connectivity index (χ3v) is 5.68. The Hall–Kier alpha value is -0.120. The van der Waals surface area contributed by atoms with Crippen LogP contribution in [0.15, 0.2) is 0 Å². The molecule has 2 aliphatic heterocycles. The van der Waals surface area contributed by atoms with Gasteiger partial charge in [-0.15, -0.1) is 0 Å². The maximum atomic E-state index is 11.1. The molecule has 3 fully saturated rings. The van der Waals surface area contributed by atoms with Gasteiger partial charge in [0, 0.05) is 19.8 Å². The van der Waals surface area contributed by atoms with Gasteiger partial charge in [-0.05, 0) is 56.3 Å². The number of ether oxygens (including phenoxy) is 2. The molecule has 1 spiro atoms. The van der Waals surface area contributed by atoms with Crippen molar-refractivity contribution < 1.29 is 14.6 Å². The molecule has 0 aromatic rings. The van der Waals surface area contributed by atoms with Gasteiger partial charge >= 0.3 is 0 Å². The first-order valence-electron chi connectivity index (χ1n) is 7.87. The summed E-state index contributed by atoms with van der Waals surface area (Å²) in [7, 11) is 0. The van der Waals surface area contributed by atoms with E-state index in [1.807, 2.05) is 0 Å². The lowest BCUT2D eigenvalue weighted by Crippen LogP contribution is -2.50. The number of aliphatic hydroxyl groups is 1. The first-order valence-corrected chi connectivity index (χ1v) is 7.87. The minimum absolute atomic E-state index is 0.00360. The summed E-state index contributed by atoms with van der Waals surface area (Å²) in [6, 6.07) is 0. The van der Waals surface area contributed by atoms with E-state index >= 15 is 0 Å². The van der Waals surface area contributed by atoms with E-state index in [0.717, 1.165) is 64.8 Å². The van der Waals surface area contributed by atoms with Crippen LogP contribution in [0, 0.1) is 11.3 Å². The van der Waals surface area contributed by atoms with Crippen molar-refractivity contribution >= 4 is 0 Å². The molecular formula is C16H28O3. The van der Waals surface area contributed by atoms with Crippen LogP contribution in [-0.2, 0) is 9.47 Å². The number of hydrogen-bond acceptors (Lipinski definition) is 3. The van der Waals surface area contributed by atoms with E-state index in [4.69, 9.17) is 9.47 Å². The predicted octanol–water partition coefficient (Wildman–Crippen LogP) is 2.90. The van der Waals surface area contributed by atoms with Gasteiger partial charge in [-0.3, -0.25) is 0 Å². The Morgan fingerprint density at radius 3 is 2.37 bits per heavy atom. The van der Waals surface area contributed by atoms with Crippen LogP contribution in [0.2, 0.25) is 0 Å². The summed E-state index contributed by atoms with van der Waals surface area (Å²) in [5.74, 6) is 0.418. The maximum absolute atomic E-state index is 11.1. The Labute approximate surface area is 116 Å². The lowest BCUT2D eigenvalue weighted by molar-refractivity contribution is -0.175. The highest BCUT2D eigenvalue weighted by atomic mass is 16.5. The molecule has 0 amide bonds. The van der Waals surface area contributed by atoms with Gasteiger partial charge in [0.1, 0.15) is 0 Å². The second-order valence-electron chi connectivity index (χ2n) is 7.78. The smallest absolute Gasteiger partial charge is 0.0730 e. The fourth-order valence-electron chi connectivity index (χ4n) is 4.49. The van der Waals surface area contributed by atoms with Gasteiger partial charge in [-0.1, -0.05) is 13.8 Å². The highest BCUT2D eigenvalue weighted by Crippen LogP contribution is 2.51. The molecule has 2 atom stereocenters. The molecule has 19 heavy (non-hydrogen) atoms. The topological polar surface area (TPSA) is 38.7 Å². The van der Waals surface area contributed by atoms with Gasteiger partial charge in [-0.25, -0.2) is 0 Å². The van der Waals surface area contributed by atoms with Crippen LogP contribution in [0.5, 0.6) is 0 Å². The lowest BCUT2D eigenvalue weighted by Gasteiger charge is -2.47. The molecule has 3 rings (SSSR count). The maximum Gasteiger partial charge on any atom is 0.0730 e. The molecule has 110 valence electrons. The zero-order valence-electron chi connectivity index (χ0n) is 12.4. The highest BCUT2D eigenvalue weighted by molar-refractivity contribution is 5.02. The summed E-state index contributed by atoms with van der Waals surface area (Å²) in [5, 5.41) is 11.1. The largest absolute Gasteiger partial charge is 0.390 e. The molecule has 3 aliphatic rings.